The number of halogens is 1. The Kier molecular flexibility index (Phi) is 5.73. The number of hydrazone groups is 1. The molecule has 1 atom stereocenters. The second kappa shape index (κ2) is 8.59. The summed E-state index contributed by atoms with van der Waals surface area (Å²) in [6.07, 6.45) is 0. The maximum absolute atomic E-state index is 13.0. The van der Waals surface area contributed by atoms with E-state index in [0.29, 0.717) is 23.7 Å². The molecule has 0 aliphatic carbocycles. The number of benzene rings is 1. The Bertz CT molecular complexity index is 1400. The van der Waals surface area contributed by atoms with Crippen molar-refractivity contribution in [2.24, 2.45) is 19.2 Å². The molecule has 0 unspecified atom stereocenters. The highest BCUT2D eigenvalue weighted by molar-refractivity contribution is 6.30. The highest BCUT2D eigenvalue weighted by Gasteiger charge is 2.30. The molecule has 34 heavy (non-hydrogen) atoms. The number of nitrogens with zero attached hydrogens (tertiary/aromatic N) is 8. The Hall–Kier alpha value is -3.11. The summed E-state index contributed by atoms with van der Waals surface area (Å²) >= 11 is 6.16. The molecule has 11 heteroatoms. The van der Waals surface area contributed by atoms with Crippen LogP contribution in [-0.2, 0) is 14.1 Å². The monoisotopic (exact) mass is 484 g/mol. The van der Waals surface area contributed by atoms with Crippen LogP contribution in [0.1, 0.15) is 19.9 Å². The Labute approximate surface area is 202 Å². The maximum Gasteiger partial charge on any atom is 0.332 e. The summed E-state index contributed by atoms with van der Waals surface area (Å²) in [5.74, 6) is 0.601. The number of hydrogen-bond donors (Lipinski definition) is 0. The third kappa shape index (κ3) is 3.70. The number of aryl methyl sites for hydroxylation is 1. The molecular weight excluding hydrogens is 456 g/mol. The van der Waals surface area contributed by atoms with E-state index in [0.717, 1.165) is 53.7 Å². The minimum absolute atomic E-state index is 0.123. The van der Waals surface area contributed by atoms with E-state index in [4.69, 9.17) is 21.7 Å². The van der Waals surface area contributed by atoms with Crippen LogP contribution in [0.2, 0.25) is 5.02 Å². The normalized spacial score (nSPS) is 19.0. The van der Waals surface area contributed by atoms with E-state index in [2.05, 4.69) is 15.9 Å². The van der Waals surface area contributed by atoms with Crippen LogP contribution in [0.15, 0.2) is 39.0 Å². The quantitative estimate of drug-likeness (QED) is 0.560. The van der Waals surface area contributed by atoms with Crippen molar-refractivity contribution in [1.82, 2.24) is 23.6 Å². The first-order valence-corrected chi connectivity index (χ1v) is 11.9. The van der Waals surface area contributed by atoms with Crippen molar-refractivity contribution in [1.29, 1.82) is 0 Å². The van der Waals surface area contributed by atoms with E-state index in [1.54, 1.807) is 7.05 Å². The fourth-order valence-electron chi connectivity index (χ4n) is 4.75. The van der Waals surface area contributed by atoms with Gasteiger partial charge in [0.2, 0.25) is 5.95 Å². The van der Waals surface area contributed by atoms with Gasteiger partial charge >= 0.3 is 5.69 Å². The van der Waals surface area contributed by atoms with Gasteiger partial charge in [0.25, 0.3) is 5.56 Å². The number of fused-ring (bicyclic) bond motifs is 3. The van der Waals surface area contributed by atoms with Crippen LogP contribution in [-0.4, -0.2) is 68.6 Å². The van der Waals surface area contributed by atoms with E-state index in [9.17, 15) is 9.59 Å². The molecule has 0 radical (unpaired) electrons. The molecular formula is C23H29ClN8O2. The molecule has 2 aliphatic rings. The van der Waals surface area contributed by atoms with Gasteiger partial charge in [-0.05, 0) is 32.0 Å². The van der Waals surface area contributed by atoms with Crippen LogP contribution in [0.4, 0.5) is 11.6 Å². The molecule has 1 aromatic carbocycles. The highest BCUT2D eigenvalue weighted by Crippen LogP contribution is 2.29. The molecule has 0 N–H and O–H groups in total. The van der Waals surface area contributed by atoms with Crippen LogP contribution in [0, 0.1) is 0 Å². The van der Waals surface area contributed by atoms with E-state index in [-0.39, 0.29) is 17.3 Å². The highest BCUT2D eigenvalue weighted by atomic mass is 35.5. The van der Waals surface area contributed by atoms with Gasteiger partial charge in [-0.3, -0.25) is 23.4 Å². The van der Waals surface area contributed by atoms with Gasteiger partial charge in [-0.2, -0.15) is 10.1 Å². The first-order valence-electron chi connectivity index (χ1n) is 11.5. The largest absolute Gasteiger partial charge is 0.369 e. The molecule has 0 amide bonds. The number of anilines is 2. The van der Waals surface area contributed by atoms with Gasteiger partial charge in [0, 0.05) is 57.5 Å². The van der Waals surface area contributed by atoms with Crippen LogP contribution >= 0.6 is 11.6 Å². The lowest BCUT2D eigenvalue weighted by Gasteiger charge is -2.37. The van der Waals surface area contributed by atoms with Gasteiger partial charge in [0.15, 0.2) is 11.2 Å². The predicted octanol–water partition coefficient (Wildman–Crippen LogP) is 1.67. The minimum Gasteiger partial charge on any atom is -0.369 e. The number of imidazole rings is 1. The van der Waals surface area contributed by atoms with Crippen molar-refractivity contribution in [2.75, 3.05) is 49.2 Å². The molecule has 10 nitrogen and oxygen atoms in total. The molecule has 0 spiro atoms. The summed E-state index contributed by atoms with van der Waals surface area (Å²) < 4.78 is 4.47. The summed E-state index contributed by atoms with van der Waals surface area (Å²) in [4.78, 5) is 34.9. The number of aromatic nitrogens is 4. The van der Waals surface area contributed by atoms with Gasteiger partial charge in [-0.25, -0.2) is 9.80 Å². The Balaban J connectivity index is 1.36. The lowest BCUT2D eigenvalue weighted by molar-refractivity contribution is 0.262. The van der Waals surface area contributed by atoms with Gasteiger partial charge in [0.1, 0.15) is 0 Å². The minimum atomic E-state index is -0.387. The summed E-state index contributed by atoms with van der Waals surface area (Å²) in [5.41, 5.74) is 2.14. The molecule has 180 valence electrons. The Morgan fingerprint density at radius 2 is 1.79 bits per heavy atom. The van der Waals surface area contributed by atoms with Crippen molar-refractivity contribution in [3.63, 3.8) is 0 Å². The van der Waals surface area contributed by atoms with E-state index in [1.807, 2.05) is 41.6 Å². The van der Waals surface area contributed by atoms with E-state index in [1.165, 1.54) is 11.6 Å². The van der Waals surface area contributed by atoms with Crippen LogP contribution in [0.25, 0.3) is 11.2 Å². The van der Waals surface area contributed by atoms with Crippen LogP contribution < -0.4 is 21.2 Å². The molecule has 1 saturated heterocycles. The average molecular weight is 485 g/mol. The lowest BCUT2D eigenvalue weighted by Crippen LogP contribution is -2.48. The third-order valence-electron chi connectivity index (χ3n) is 6.95. The summed E-state index contributed by atoms with van der Waals surface area (Å²) in [6.45, 7) is 9.14. The van der Waals surface area contributed by atoms with Crippen molar-refractivity contribution < 1.29 is 0 Å². The molecule has 0 bridgehead atoms. The second-order valence-corrected chi connectivity index (χ2v) is 9.45. The smallest absolute Gasteiger partial charge is 0.332 e. The van der Waals surface area contributed by atoms with Crippen molar-refractivity contribution in [2.45, 2.75) is 19.9 Å². The van der Waals surface area contributed by atoms with Crippen molar-refractivity contribution in [3.8, 4) is 0 Å². The molecule has 1 fully saturated rings. The summed E-state index contributed by atoms with van der Waals surface area (Å²) in [7, 11) is 3.14. The lowest BCUT2D eigenvalue weighted by atomic mass is 10.2. The molecule has 4 heterocycles. The van der Waals surface area contributed by atoms with Crippen LogP contribution in [0.5, 0.6) is 0 Å². The molecule has 5 rings (SSSR count). The van der Waals surface area contributed by atoms with Gasteiger partial charge < -0.3 is 4.90 Å². The topological polar surface area (TPSA) is 83.9 Å². The Morgan fingerprint density at radius 3 is 2.50 bits per heavy atom. The third-order valence-corrected chi connectivity index (χ3v) is 7.18. The first kappa shape index (κ1) is 22.7. The summed E-state index contributed by atoms with van der Waals surface area (Å²) in [6, 6.07) is 7.85. The fourth-order valence-corrected chi connectivity index (χ4v) is 4.93. The summed E-state index contributed by atoms with van der Waals surface area (Å²) in [5, 5.41) is 7.40. The Morgan fingerprint density at radius 1 is 1.06 bits per heavy atom. The van der Waals surface area contributed by atoms with E-state index < -0.39 is 0 Å². The number of rotatable bonds is 4. The first-order chi connectivity index (χ1) is 16.3. The zero-order valence-electron chi connectivity index (χ0n) is 19.9. The molecule has 0 saturated carbocycles. The zero-order valence-corrected chi connectivity index (χ0v) is 20.7. The molecule has 2 aliphatic heterocycles. The zero-order chi connectivity index (χ0) is 24.1. The van der Waals surface area contributed by atoms with Crippen molar-refractivity contribution >= 4 is 40.1 Å². The fraction of sp³-hybridized carbons (Fsp3) is 0.478. The number of piperazine rings is 1. The SMILES string of the molecule is CC1=NN(CCN2CCN(c3cccc(Cl)c3)CC2)c2nc3c(c(=O)n(C)c(=O)n3C)n2[C@@H]1C. The van der Waals surface area contributed by atoms with Gasteiger partial charge in [-0.1, -0.05) is 17.7 Å². The molecule has 3 aromatic rings. The average Bonchev–Trinajstić information content (AvgIpc) is 3.24. The van der Waals surface area contributed by atoms with Crippen molar-refractivity contribution in [3.05, 3.63) is 50.1 Å². The standard InChI is InChI=1S/C23H29ClN8O2/c1-15-16(2)32-19-20(27(3)23(34)28(4)21(19)33)25-22(32)31(26-15)13-10-29-8-11-30(12-9-29)18-7-5-6-17(24)14-18/h5-7,14,16H,8-13H2,1-4H3/t16-/m1/s1. The second-order valence-electron chi connectivity index (χ2n) is 9.01. The predicted molar refractivity (Wildman–Crippen MR) is 135 cm³/mol. The van der Waals surface area contributed by atoms with Gasteiger partial charge in [-0.15, -0.1) is 0 Å². The molecule has 2 aromatic heterocycles. The number of hydrogen-bond acceptors (Lipinski definition) is 7. The van der Waals surface area contributed by atoms with E-state index >= 15 is 0 Å². The van der Waals surface area contributed by atoms with Crippen LogP contribution in [0.3, 0.4) is 0 Å². The maximum atomic E-state index is 13.0. The van der Waals surface area contributed by atoms with Gasteiger partial charge in [0.05, 0.1) is 18.3 Å².